The van der Waals surface area contributed by atoms with Crippen LogP contribution in [0.25, 0.3) is 0 Å². The molecule has 0 aliphatic heterocycles. The molecule has 2 N–H and O–H groups in total. The molecule has 0 saturated heterocycles. The highest BCUT2D eigenvalue weighted by molar-refractivity contribution is 5.92. The van der Waals surface area contributed by atoms with Gasteiger partial charge in [0, 0.05) is 0 Å². The van der Waals surface area contributed by atoms with Gasteiger partial charge in [-0.05, 0) is 25.3 Å². The van der Waals surface area contributed by atoms with Gasteiger partial charge in [-0.3, -0.25) is 4.79 Å². The maximum Gasteiger partial charge on any atom is 0.183 e. The second-order valence-corrected chi connectivity index (χ2v) is 2.90. The van der Waals surface area contributed by atoms with E-state index in [2.05, 4.69) is 13.5 Å². The summed E-state index contributed by atoms with van der Waals surface area (Å²) in [7, 11) is 0. The van der Waals surface area contributed by atoms with E-state index in [0.717, 1.165) is 6.08 Å². The molecule has 0 heterocycles. The van der Waals surface area contributed by atoms with Crippen molar-refractivity contribution in [1.82, 2.24) is 0 Å². The molecule has 3 heteroatoms. The third-order valence-electron chi connectivity index (χ3n) is 1.78. The molecule has 69 valence electrons. The van der Waals surface area contributed by atoms with Gasteiger partial charge in [0.05, 0.1) is 6.10 Å². The Hall–Kier alpha value is -0.670. The maximum atomic E-state index is 10.8. The second kappa shape index (κ2) is 5.06. The first-order valence-corrected chi connectivity index (χ1v) is 3.84. The van der Waals surface area contributed by atoms with Crippen LogP contribution in [0.2, 0.25) is 0 Å². The van der Waals surface area contributed by atoms with Gasteiger partial charge in [0.2, 0.25) is 0 Å². The Kier molecular flexibility index (Phi) is 4.78. The van der Waals surface area contributed by atoms with Gasteiger partial charge in [0.15, 0.2) is 5.78 Å². The summed E-state index contributed by atoms with van der Waals surface area (Å²) >= 11 is 0. The molecule has 0 rings (SSSR count). The molecule has 0 aliphatic rings. The van der Waals surface area contributed by atoms with Gasteiger partial charge in [0.25, 0.3) is 0 Å². The second-order valence-electron chi connectivity index (χ2n) is 2.90. The smallest absolute Gasteiger partial charge is 0.183 e. The van der Waals surface area contributed by atoms with E-state index in [4.69, 9.17) is 5.11 Å². The molecule has 1 radical (unpaired) electrons. The van der Waals surface area contributed by atoms with Crippen molar-refractivity contribution in [3.63, 3.8) is 0 Å². The molecule has 0 spiro atoms. The number of aliphatic hydroxyl groups is 2. The van der Waals surface area contributed by atoms with Crippen LogP contribution in [-0.2, 0) is 4.79 Å². The molecule has 0 amide bonds. The predicted octanol–water partition coefficient (Wildman–Crippen LogP) is 0.324. The monoisotopic (exact) mass is 171 g/mol. The molecule has 0 fully saturated rings. The van der Waals surface area contributed by atoms with Crippen molar-refractivity contribution in [2.75, 3.05) is 0 Å². The van der Waals surface area contributed by atoms with Gasteiger partial charge in [-0.2, -0.15) is 0 Å². The number of ketones is 1. The average Bonchev–Trinajstić information content (AvgIpc) is 2.02. The molecule has 0 aromatic rings. The molecule has 0 aliphatic carbocycles. The Labute approximate surface area is 72.7 Å². The molecule has 3 unspecified atom stereocenters. The third-order valence-corrected chi connectivity index (χ3v) is 1.78. The standard InChI is InChI=1S/C9H15O3/c1-4-8(11)9(12)5-6(2)7(3)10/h4,6-7,9-10,12H,1,3,5H2,2H3. The quantitative estimate of drug-likeness (QED) is 0.586. The van der Waals surface area contributed by atoms with Gasteiger partial charge in [-0.15, -0.1) is 0 Å². The van der Waals surface area contributed by atoms with E-state index in [1.807, 2.05) is 0 Å². The lowest BCUT2D eigenvalue weighted by Crippen LogP contribution is -2.25. The fourth-order valence-corrected chi connectivity index (χ4v) is 0.761. The molecular formula is C9H15O3. The Balaban J connectivity index is 3.91. The molecule has 0 aromatic heterocycles. The molecule has 3 nitrogen and oxygen atoms in total. The van der Waals surface area contributed by atoms with Crippen LogP contribution in [0.5, 0.6) is 0 Å². The molecule has 0 saturated carbocycles. The van der Waals surface area contributed by atoms with Crippen molar-refractivity contribution < 1.29 is 15.0 Å². The summed E-state index contributed by atoms with van der Waals surface area (Å²) in [6.07, 6.45) is -0.520. The highest BCUT2D eigenvalue weighted by Crippen LogP contribution is 2.10. The summed E-state index contributed by atoms with van der Waals surface area (Å²) in [6, 6.07) is 0. The topological polar surface area (TPSA) is 57.5 Å². The van der Waals surface area contributed by atoms with E-state index in [-0.39, 0.29) is 12.3 Å². The van der Waals surface area contributed by atoms with E-state index in [9.17, 15) is 9.90 Å². The van der Waals surface area contributed by atoms with Crippen molar-refractivity contribution in [2.45, 2.75) is 25.6 Å². The van der Waals surface area contributed by atoms with Gasteiger partial charge in [-0.25, -0.2) is 0 Å². The van der Waals surface area contributed by atoms with Crippen LogP contribution in [0.4, 0.5) is 0 Å². The zero-order valence-corrected chi connectivity index (χ0v) is 7.23. The van der Waals surface area contributed by atoms with Crippen LogP contribution in [-0.4, -0.2) is 28.2 Å². The SMILES string of the molecule is [CH2]C(O)C(C)CC(O)C(=O)C=C. The number of carbonyl (C=O) groups excluding carboxylic acids is 1. The Morgan fingerprint density at radius 3 is 2.42 bits per heavy atom. The van der Waals surface area contributed by atoms with Crippen molar-refractivity contribution in [1.29, 1.82) is 0 Å². The normalized spacial score (nSPS) is 18.0. The zero-order chi connectivity index (χ0) is 9.72. The van der Waals surface area contributed by atoms with Gasteiger partial charge < -0.3 is 10.2 Å². The maximum absolute atomic E-state index is 10.8. The van der Waals surface area contributed by atoms with Crippen molar-refractivity contribution in [3.05, 3.63) is 19.6 Å². The number of hydrogen-bond donors (Lipinski definition) is 2. The van der Waals surface area contributed by atoms with Crippen LogP contribution in [0, 0.1) is 12.8 Å². The summed E-state index contributed by atoms with van der Waals surface area (Å²) in [6.45, 7) is 8.35. The Bertz CT molecular complexity index is 163. The highest BCUT2D eigenvalue weighted by atomic mass is 16.3. The Morgan fingerprint density at radius 1 is 1.58 bits per heavy atom. The summed E-state index contributed by atoms with van der Waals surface area (Å²) < 4.78 is 0. The lowest BCUT2D eigenvalue weighted by atomic mass is 9.97. The van der Waals surface area contributed by atoms with E-state index >= 15 is 0 Å². The summed E-state index contributed by atoms with van der Waals surface area (Å²) in [5.74, 6) is -0.605. The minimum Gasteiger partial charge on any atom is -0.393 e. The summed E-state index contributed by atoms with van der Waals surface area (Å²) in [5.41, 5.74) is 0. The van der Waals surface area contributed by atoms with Crippen molar-refractivity contribution in [3.8, 4) is 0 Å². The van der Waals surface area contributed by atoms with E-state index < -0.39 is 18.0 Å². The Morgan fingerprint density at radius 2 is 2.08 bits per heavy atom. The minimum absolute atomic E-state index is 0.191. The third kappa shape index (κ3) is 3.64. The van der Waals surface area contributed by atoms with Gasteiger partial charge >= 0.3 is 0 Å². The highest BCUT2D eigenvalue weighted by Gasteiger charge is 2.18. The van der Waals surface area contributed by atoms with E-state index in [1.165, 1.54) is 0 Å². The number of aliphatic hydroxyl groups excluding tert-OH is 2. The van der Waals surface area contributed by atoms with E-state index in [0.29, 0.717) is 0 Å². The predicted molar refractivity (Wildman–Crippen MR) is 46.4 cm³/mol. The van der Waals surface area contributed by atoms with Crippen LogP contribution < -0.4 is 0 Å². The first kappa shape index (κ1) is 11.3. The number of hydrogen-bond acceptors (Lipinski definition) is 3. The molecule has 0 bridgehead atoms. The fourth-order valence-electron chi connectivity index (χ4n) is 0.761. The summed E-state index contributed by atoms with van der Waals surface area (Å²) in [5, 5.41) is 18.1. The largest absolute Gasteiger partial charge is 0.393 e. The van der Waals surface area contributed by atoms with Crippen LogP contribution in [0.3, 0.4) is 0 Å². The van der Waals surface area contributed by atoms with Crippen LogP contribution in [0.15, 0.2) is 12.7 Å². The molecular weight excluding hydrogens is 156 g/mol. The van der Waals surface area contributed by atoms with E-state index in [1.54, 1.807) is 6.92 Å². The van der Waals surface area contributed by atoms with Gasteiger partial charge in [-0.1, -0.05) is 13.5 Å². The average molecular weight is 171 g/mol. The lowest BCUT2D eigenvalue weighted by Gasteiger charge is -2.16. The zero-order valence-electron chi connectivity index (χ0n) is 7.23. The number of carbonyl (C=O) groups is 1. The molecule has 0 aromatic carbocycles. The van der Waals surface area contributed by atoms with Crippen molar-refractivity contribution >= 4 is 5.78 Å². The first-order chi connectivity index (χ1) is 5.49. The lowest BCUT2D eigenvalue weighted by molar-refractivity contribution is -0.123. The summed E-state index contributed by atoms with van der Waals surface area (Å²) in [4.78, 5) is 10.8. The van der Waals surface area contributed by atoms with Crippen LogP contribution in [0.1, 0.15) is 13.3 Å². The molecule has 12 heavy (non-hydrogen) atoms. The minimum atomic E-state index is -1.06. The van der Waals surface area contributed by atoms with Gasteiger partial charge in [0.1, 0.15) is 6.10 Å². The van der Waals surface area contributed by atoms with Crippen molar-refractivity contribution in [2.24, 2.45) is 5.92 Å². The first-order valence-electron chi connectivity index (χ1n) is 3.84. The number of rotatable bonds is 5. The van der Waals surface area contributed by atoms with Crippen LogP contribution >= 0.6 is 0 Å². The molecule has 3 atom stereocenters. The fraction of sp³-hybridized carbons (Fsp3) is 0.556.